The summed E-state index contributed by atoms with van der Waals surface area (Å²) in [6, 6.07) is 7.33. The van der Waals surface area contributed by atoms with Crippen molar-refractivity contribution in [2.75, 3.05) is 0 Å². The highest BCUT2D eigenvalue weighted by Gasteiger charge is 2.41. The Bertz CT molecular complexity index is 641. The summed E-state index contributed by atoms with van der Waals surface area (Å²) in [5.41, 5.74) is 1.46. The van der Waals surface area contributed by atoms with Crippen LogP contribution in [0.15, 0.2) is 35.6 Å². The third-order valence-electron chi connectivity index (χ3n) is 4.11. The van der Waals surface area contributed by atoms with E-state index in [0.29, 0.717) is 29.2 Å². The quantitative estimate of drug-likeness (QED) is 0.736. The van der Waals surface area contributed by atoms with Gasteiger partial charge in [-0.3, -0.25) is 9.59 Å². The molecule has 1 aliphatic heterocycles. The fourth-order valence-electron chi connectivity index (χ4n) is 3.18. The van der Waals surface area contributed by atoms with Gasteiger partial charge in [-0.05, 0) is 23.1 Å². The molecule has 1 heterocycles. The summed E-state index contributed by atoms with van der Waals surface area (Å²) in [6.07, 6.45) is 1.34. The van der Waals surface area contributed by atoms with Crippen molar-refractivity contribution in [2.24, 2.45) is 5.41 Å². The van der Waals surface area contributed by atoms with E-state index in [4.69, 9.17) is 16.3 Å². The van der Waals surface area contributed by atoms with E-state index >= 15 is 0 Å². The number of ether oxygens (including phenoxy) is 1. The first-order chi connectivity index (χ1) is 9.85. The number of carbonyl (C=O) groups is 2. The number of hydrogen-bond donors (Lipinski definition) is 0. The van der Waals surface area contributed by atoms with Gasteiger partial charge in [0.2, 0.25) is 0 Å². The summed E-state index contributed by atoms with van der Waals surface area (Å²) < 4.78 is 5.37. The predicted octanol–water partition coefficient (Wildman–Crippen LogP) is 4.01. The van der Waals surface area contributed by atoms with Crippen molar-refractivity contribution in [1.82, 2.24) is 0 Å². The first-order valence-corrected chi connectivity index (χ1v) is 7.46. The maximum absolute atomic E-state index is 12.5. The Kier molecular flexibility index (Phi) is 3.40. The van der Waals surface area contributed by atoms with E-state index in [0.717, 1.165) is 5.56 Å². The molecule has 0 saturated heterocycles. The zero-order valence-electron chi connectivity index (χ0n) is 12.1. The van der Waals surface area contributed by atoms with Crippen LogP contribution in [0.4, 0.5) is 0 Å². The third-order valence-corrected chi connectivity index (χ3v) is 4.36. The Hall–Kier alpha value is -1.61. The average Bonchev–Trinajstić information content (AvgIpc) is 2.36. The number of benzene rings is 1. The summed E-state index contributed by atoms with van der Waals surface area (Å²) in [4.78, 5) is 24.4. The molecule has 0 amide bonds. The maximum Gasteiger partial charge on any atom is 0.311 e. The van der Waals surface area contributed by atoms with Crippen LogP contribution in [0.3, 0.4) is 0 Å². The lowest BCUT2D eigenvalue weighted by Crippen LogP contribution is -2.33. The lowest BCUT2D eigenvalue weighted by atomic mass is 9.71. The SMILES string of the molecule is CC1(C)CC(=O)C2=C(C1)OC(=O)C[C@@H]2c1ccc(Cl)cc1. The Morgan fingerprint density at radius 1 is 1.14 bits per heavy atom. The molecule has 4 heteroatoms. The van der Waals surface area contributed by atoms with Crippen molar-refractivity contribution in [1.29, 1.82) is 0 Å². The molecule has 1 atom stereocenters. The summed E-state index contributed by atoms with van der Waals surface area (Å²) in [5.74, 6) is 0.183. The molecule has 0 unspecified atom stereocenters. The molecule has 0 aromatic heterocycles. The fourth-order valence-corrected chi connectivity index (χ4v) is 3.31. The van der Waals surface area contributed by atoms with E-state index in [-0.39, 0.29) is 29.5 Å². The van der Waals surface area contributed by atoms with Gasteiger partial charge in [-0.25, -0.2) is 0 Å². The molecular weight excluding hydrogens is 288 g/mol. The van der Waals surface area contributed by atoms with Crippen LogP contribution in [0.2, 0.25) is 5.02 Å². The standard InChI is InChI=1S/C17H17ClO3/c1-17(2)8-13(19)16-12(7-15(20)21-14(16)9-17)10-3-5-11(18)6-4-10/h3-6,12H,7-9H2,1-2H3/t12-/m1/s1. The Morgan fingerprint density at radius 2 is 1.81 bits per heavy atom. The molecule has 1 aromatic carbocycles. The second-order valence-corrected chi connectivity index (χ2v) is 7.00. The molecule has 1 aromatic rings. The van der Waals surface area contributed by atoms with Crippen molar-refractivity contribution >= 4 is 23.4 Å². The Balaban J connectivity index is 2.06. The van der Waals surface area contributed by atoms with Crippen LogP contribution in [0.5, 0.6) is 0 Å². The topological polar surface area (TPSA) is 43.4 Å². The van der Waals surface area contributed by atoms with Crippen molar-refractivity contribution < 1.29 is 14.3 Å². The van der Waals surface area contributed by atoms with Gasteiger partial charge >= 0.3 is 5.97 Å². The molecule has 0 spiro atoms. The molecule has 0 N–H and O–H groups in total. The van der Waals surface area contributed by atoms with Crippen LogP contribution in [0, 0.1) is 5.41 Å². The summed E-state index contributed by atoms with van der Waals surface area (Å²) in [7, 11) is 0. The molecule has 110 valence electrons. The molecular formula is C17H17ClO3. The van der Waals surface area contributed by atoms with Gasteiger partial charge in [0, 0.05) is 29.4 Å². The second-order valence-electron chi connectivity index (χ2n) is 6.56. The normalized spacial score (nSPS) is 24.6. The maximum atomic E-state index is 12.5. The highest BCUT2D eigenvalue weighted by molar-refractivity contribution is 6.30. The van der Waals surface area contributed by atoms with E-state index in [2.05, 4.69) is 0 Å². The molecule has 3 nitrogen and oxygen atoms in total. The number of allylic oxidation sites excluding steroid dienone is 2. The Morgan fingerprint density at radius 3 is 2.48 bits per heavy atom. The lowest BCUT2D eigenvalue weighted by Gasteiger charge is -2.36. The summed E-state index contributed by atoms with van der Waals surface area (Å²) in [6.45, 7) is 4.04. The number of carbonyl (C=O) groups excluding carboxylic acids is 2. The van der Waals surface area contributed by atoms with Gasteiger partial charge in [0.1, 0.15) is 5.76 Å². The molecule has 1 aliphatic carbocycles. The number of ketones is 1. The van der Waals surface area contributed by atoms with E-state index in [1.807, 2.05) is 26.0 Å². The highest BCUT2D eigenvalue weighted by Crippen LogP contribution is 2.45. The first kappa shape index (κ1) is 14.3. The summed E-state index contributed by atoms with van der Waals surface area (Å²) >= 11 is 5.91. The van der Waals surface area contributed by atoms with Crippen molar-refractivity contribution in [2.45, 2.75) is 39.0 Å². The van der Waals surface area contributed by atoms with E-state index in [9.17, 15) is 9.59 Å². The molecule has 0 saturated carbocycles. The minimum absolute atomic E-state index is 0.0914. The number of Topliss-reactive ketones (excluding diaryl/α,β-unsaturated/α-hetero) is 1. The number of hydrogen-bond acceptors (Lipinski definition) is 3. The van der Waals surface area contributed by atoms with Crippen LogP contribution in [0.25, 0.3) is 0 Å². The summed E-state index contributed by atoms with van der Waals surface area (Å²) in [5, 5.41) is 0.641. The van der Waals surface area contributed by atoms with E-state index in [1.54, 1.807) is 12.1 Å². The van der Waals surface area contributed by atoms with Gasteiger partial charge in [-0.2, -0.15) is 0 Å². The van der Waals surface area contributed by atoms with E-state index in [1.165, 1.54) is 0 Å². The van der Waals surface area contributed by atoms with Crippen molar-refractivity contribution in [3.63, 3.8) is 0 Å². The Labute approximate surface area is 128 Å². The smallest absolute Gasteiger partial charge is 0.311 e. The van der Waals surface area contributed by atoms with Gasteiger partial charge in [-0.1, -0.05) is 37.6 Å². The van der Waals surface area contributed by atoms with Crippen LogP contribution >= 0.6 is 11.6 Å². The van der Waals surface area contributed by atoms with E-state index < -0.39 is 0 Å². The molecule has 3 rings (SSSR count). The molecule has 21 heavy (non-hydrogen) atoms. The van der Waals surface area contributed by atoms with Crippen LogP contribution in [-0.4, -0.2) is 11.8 Å². The highest BCUT2D eigenvalue weighted by atomic mass is 35.5. The average molecular weight is 305 g/mol. The van der Waals surface area contributed by atoms with Gasteiger partial charge < -0.3 is 4.74 Å². The third kappa shape index (κ3) is 2.75. The minimum atomic E-state index is -0.265. The number of esters is 1. The van der Waals surface area contributed by atoms with Crippen molar-refractivity contribution in [3.05, 3.63) is 46.2 Å². The molecule has 2 aliphatic rings. The zero-order chi connectivity index (χ0) is 15.2. The molecule has 0 fully saturated rings. The van der Waals surface area contributed by atoms with Crippen LogP contribution < -0.4 is 0 Å². The predicted molar refractivity (Wildman–Crippen MR) is 80.0 cm³/mol. The second kappa shape index (κ2) is 4.99. The van der Waals surface area contributed by atoms with Gasteiger partial charge in [0.05, 0.1) is 6.42 Å². The van der Waals surface area contributed by atoms with Crippen molar-refractivity contribution in [3.8, 4) is 0 Å². The van der Waals surface area contributed by atoms with Crippen LogP contribution in [0.1, 0.15) is 44.6 Å². The molecule has 0 bridgehead atoms. The number of rotatable bonds is 1. The van der Waals surface area contributed by atoms with Gasteiger partial charge in [0.25, 0.3) is 0 Å². The lowest BCUT2D eigenvalue weighted by molar-refractivity contribution is -0.142. The zero-order valence-corrected chi connectivity index (χ0v) is 12.9. The largest absolute Gasteiger partial charge is 0.431 e. The van der Waals surface area contributed by atoms with Gasteiger partial charge in [-0.15, -0.1) is 0 Å². The fraction of sp³-hybridized carbons (Fsp3) is 0.412. The van der Waals surface area contributed by atoms with Gasteiger partial charge in [0.15, 0.2) is 5.78 Å². The van der Waals surface area contributed by atoms with Crippen LogP contribution in [-0.2, 0) is 14.3 Å². The first-order valence-electron chi connectivity index (χ1n) is 7.08. The number of halogens is 1. The minimum Gasteiger partial charge on any atom is -0.431 e. The molecule has 0 radical (unpaired) electrons. The monoisotopic (exact) mass is 304 g/mol.